The molecule has 26 heavy (non-hydrogen) atoms. The van der Waals surface area contributed by atoms with E-state index in [1.54, 1.807) is 24.5 Å². The first-order chi connectivity index (χ1) is 12.5. The van der Waals surface area contributed by atoms with E-state index in [9.17, 15) is 4.39 Å². The molecule has 2 heterocycles. The van der Waals surface area contributed by atoms with Gasteiger partial charge in [-0.25, -0.2) is 19.3 Å². The molecule has 4 nitrogen and oxygen atoms in total. The van der Waals surface area contributed by atoms with Crippen LogP contribution in [0.1, 0.15) is 5.69 Å². The van der Waals surface area contributed by atoms with Crippen LogP contribution in [0.5, 0.6) is 0 Å². The molecule has 0 spiro atoms. The van der Waals surface area contributed by atoms with Crippen LogP contribution in [0.25, 0.3) is 33.3 Å². The number of aryl methyl sites for hydroxylation is 1. The number of nitrogens with two attached hydrogens (primary N) is 1. The molecular formula is C20H14BrFN4. The van der Waals surface area contributed by atoms with Gasteiger partial charge in [-0.2, -0.15) is 0 Å². The Morgan fingerprint density at radius 1 is 1.00 bits per heavy atom. The van der Waals surface area contributed by atoms with E-state index in [2.05, 4.69) is 30.9 Å². The summed E-state index contributed by atoms with van der Waals surface area (Å²) in [4.78, 5) is 13.0. The van der Waals surface area contributed by atoms with Crippen molar-refractivity contribution in [2.45, 2.75) is 6.92 Å². The SMILES string of the molecule is Cc1ncnc2ccc(-c3cc(Br)c(N)nc3-c3ccccc3F)cc12. The number of rotatable bonds is 2. The first-order valence-electron chi connectivity index (χ1n) is 7.97. The zero-order valence-corrected chi connectivity index (χ0v) is 15.5. The van der Waals surface area contributed by atoms with Gasteiger partial charge in [-0.15, -0.1) is 0 Å². The maximum atomic E-state index is 14.4. The van der Waals surface area contributed by atoms with Crippen molar-refractivity contribution in [3.8, 4) is 22.4 Å². The molecule has 128 valence electrons. The monoisotopic (exact) mass is 408 g/mol. The number of hydrogen-bond acceptors (Lipinski definition) is 4. The van der Waals surface area contributed by atoms with Gasteiger partial charge in [0.05, 0.1) is 15.7 Å². The fourth-order valence-electron chi connectivity index (χ4n) is 2.93. The zero-order valence-electron chi connectivity index (χ0n) is 13.9. The molecule has 0 atom stereocenters. The highest BCUT2D eigenvalue weighted by Crippen LogP contribution is 2.37. The Morgan fingerprint density at radius 2 is 1.81 bits per heavy atom. The van der Waals surface area contributed by atoms with Crippen LogP contribution in [0.3, 0.4) is 0 Å². The van der Waals surface area contributed by atoms with Gasteiger partial charge in [0.2, 0.25) is 0 Å². The molecule has 2 aromatic carbocycles. The molecular weight excluding hydrogens is 395 g/mol. The summed E-state index contributed by atoms with van der Waals surface area (Å²) < 4.78 is 15.1. The Bertz CT molecular complexity index is 1140. The number of anilines is 1. The standard InChI is InChI=1S/C20H14BrFN4/c1-11-14-8-12(6-7-18(14)25-10-24-11)15-9-16(21)20(23)26-19(15)13-4-2-3-5-17(13)22/h2-10H,1H3,(H2,23,26). The van der Waals surface area contributed by atoms with Crippen LogP contribution < -0.4 is 5.73 Å². The summed E-state index contributed by atoms with van der Waals surface area (Å²) in [6, 6.07) is 14.3. The highest BCUT2D eigenvalue weighted by molar-refractivity contribution is 9.10. The Labute approximate surface area is 158 Å². The lowest BCUT2D eigenvalue weighted by Gasteiger charge is -2.13. The topological polar surface area (TPSA) is 64.7 Å². The molecule has 0 aliphatic heterocycles. The third-order valence-electron chi connectivity index (χ3n) is 4.28. The van der Waals surface area contributed by atoms with Gasteiger partial charge in [0.25, 0.3) is 0 Å². The minimum Gasteiger partial charge on any atom is -0.383 e. The van der Waals surface area contributed by atoms with Gasteiger partial charge in [0.15, 0.2) is 0 Å². The van der Waals surface area contributed by atoms with E-state index in [1.165, 1.54) is 6.07 Å². The molecule has 2 N–H and O–H groups in total. The number of aromatic nitrogens is 3. The average molecular weight is 409 g/mol. The Morgan fingerprint density at radius 3 is 2.62 bits per heavy atom. The lowest BCUT2D eigenvalue weighted by molar-refractivity contribution is 0.631. The maximum absolute atomic E-state index is 14.4. The minimum atomic E-state index is -0.344. The van der Waals surface area contributed by atoms with Crippen LogP contribution >= 0.6 is 15.9 Å². The molecule has 0 aliphatic rings. The van der Waals surface area contributed by atoms with E-state index in [0.29, 0.717) is 21.5 Å². The summed E-state index contributed by atoms with van der Waals surface area (Å²) in [5.41, 5.74) is 10.3. The summed E-state index contributed by atoms with van der Waals surface area (Å²) in [5.74, 6) is -0.0319. The van der Waals surface area contributed by atoms with Crippen molar-refractivity contribution in [1.29, 1.82) is 0 Å². The Kier molecular flexibility index (Phi) is 4.12. The molecule has 2 aromatic heterocycles. The van der Waals surface area contributed by atoms with Crippen molar-refractivity contribution in [3.05, 3.63) is 70.8 Å². The van der Waals surface area contributed by atoms with Crippen LogP contribution in [0.4, 0.5) is 10.2 Å². The molecule has 0 radical (unpaired) electrons. The molecule has 0 unspecified atom stereocenters. The molecule has 0 bridgehead atoms. The second-order valence-corrected chi connectivity index (χ2v) is 6.78. The Hall–Kier alpha value is -2.86. The van der Waals surface area contributed by atoms with Gasteiger partial charge >= 0.3 is 0 Å². The van der Waals surface area contributed by atoms with Crippen LogP contribution in [0, 0.1) is 12.7 Å². The van der Waals surface area contributed by atoms with Crippen LogP contribution in [-0.2, 0) is 0 Å². The van der Waals surface area contributed by atoms with Crippen molar-refractivity contribution in [2.24, 2.45) is 0 Å². The number of pyridine rings is 1. The van der Waals surface area contributed by atoms with Gasteiger partial charge in [0, 0.05) is 22.2 Å². The number of fused-ring (bicyclic) bond motifs is 1. The molecule has 0 saturated carbocycles. The quantitative estimate of drug-likeness (QED) is 0.497. The molecule has 4 aromatic rings. The average Bonchev–Trinajstić information content (AvgIpc) is 2.64. The lowest BCUT2D eigenvalue weighted by Crippen LogP contribution is -1.99. The van der Waals surface area contributed by atoms with Crippen molar-refractivity contribution < 1.29 is 4.39 Å². The highest BCUT2D eigenvalue weighted by atomic mass is 79.9. The Balaban J connectivity index is 2.01. The van der Waals surface area contributed by atoms with E-state index < -0.39 is 0 Å². The highest BCUT2D eigenvalue weighted by Gasteiger charge is 2.16. The van der Waals surface area contributed by atoms with Gasteiger partial charge in [0.1, 0.15) is 18.0 Å². The molecule has 0 amide bonds. The summed E-state index contributed by atoms with van der Waals surface area (Å²) in [5, 5.41) is 0.942. The van der Waals surface area contributed by atoms with Crippen LogP contribution in [0.2, 0.25) is 0 Å². The van der Waals surface area contributed by atoms with Crippen LogP contribution in [0.15, 0.2) is 59.3 Å². The fourth-order valence-corrected chi connectivity index (χ4v) is 3.25. The van der Waals surface area contributed by atoms with Crippen LogP contribution in [-0.4, -0.2) is 15.0 Å². The van der Waals surface area contributed by atoms with E-state index in [4.69, 9.17) is 5.73 Å². The summed E-state index contributed by atoms with van der Waals surface area (Å²) in [6.45, 7) is 1.93. The molecule has 0 saturated heterocycles. The third-order valence-corrected chi connectivity index (χ3v) is 4.91. The molecule has 4 rings (SSSR count). The van der Waals surface area contributed by atoms with E-state index in [1.807, 2.05) is 31.2 Å². The van der Waals surface area contributed by atoms with E-state index >= 15 is 0 Å². The summed E-state index contributed by atoms with van der Waals surface area (Å²) in [6.07, 6.45) is 1.55. The first kappa shape index (κ1) is 16.6. The minimum absolute atomic E-state index is 0.312. The van der Waals surface area contributed by atoms with E-state index in [0.717, 1.165) is 27.7 Å². The van der Waals surface area contributed by atoms with Crippen molar-refractivity contribution in [1.82, 2.24) is 15.0 Å². The molecule has 6 heteroatoms. The van der Waals surface area contributed by atoms with E-state index in [-0.39, 0.29) is 5.82 Å². The van der Waals surface area contributed by atoms with Gasteiger partial charge in [-0.05, 0) is 58.7 Å². The predicted molar refractivity (Wildman–Crippen MR) is 105 cm³/mol. The largest absolute Gasteiger partial charge is 0.383 e. The van der Waals surface area contributed by atoms with Crippen molar-refractivity contribution in [3.63, 3.8) is 0 Å². The van der Waals surface area contributed by atoms with Gasteiger partial charge in [-0.3, -0.25) is 0 Å². The number of nitrogen functional groups attached to an aromatic ring is 1. The van der Waals surface area contributed by atoms with Gasteiger partial charge in [-0.1, -0.05) is 18.2 Å². The number of halogens is 2. The lowest BCUT2D eigenvalue weighted by atomic mass is 9.97. The number of benzene rings is 2. The van der Waals surface area contributed by atoms with Gasteiger partial charge < -0.3 is 5.73 Å². The maximum Gasteiger partial charge on any atom is 0.138 e. The normalized spacial score (nSPS) is 11.0. The first-order valence-corrected chi connectivity index (χ1v) is 8.76. The second kappa shape index (κ2) is 6.46. The fraction of sp³-hybridized carbons (Fsp3) is 0.0500. The number of hydrogen-bond donors (Lipinski definition) is 1. The zero-order chi connectivity index (χ0) is 18.3. The smallest absolute Gasteiger partial charge is 0.138 e. The third kappa shape index (κ3) is 2.82. The predicted octanol–water partition coefficient (Wildman–Crippen LogP) is 5.15. The number of nitrogens with zero attached hydrogens (tertiary/aromatic N) is 3. The second-order valence-electron chi connectivity index (χ2n) is 5.92. The summed E-state index contributed by atoms with van der Waals surface area (Å²) in [7, 11) is 0. The molecule has 0 aliphatic carbocycles. The molecule has 0 fully saturated rings. The summed E-state index contributed by atoms with van der Waals surface area (Å²) >= 11 is 3.43. The van der Waals surface area contributed by atoms with Crippen molar-refractivity contribution >= 4 is 32.7 Å². The van der Waals surface area contributed by atoms with Crippen molar-refractivity contribution in [2.75, 3.05) is 5.73 Å².